The highest BCUT2D eigenvalue weighted by molar-refractivity contribution is 6.00. The van der Waals surface area contributed by atoms with Gasteiger partial charge in [-0.05, 0) is 19.3 Å². The predicted octanol–water partition coefficient (Wildman–Crippen LogP) is -0.0540. The summed E-state index contributed by atoms with van der Waals surface area (Å²) >= 11 is 0. The SMILES string of the molecule is O=C1CCC2(CC3CC2C(=O)OC3=O)C(=O)O1. The van der Waals surface area contributed by atoms with Gasteiger partial charge in [0.05, 0.1) is 17.3 Å². The Hall–Kier alpha value is -1.72. The van der Waals surface area contributed by atoms with Crippen molar-refractivity contribution in [3.63, 3.8) is 0 Å². The molecule has 3 fully saturated rings. The summed E-state index contributed by atoms with van der Waals surface area (Å²) in [6.07, 6.45) is 0.972. The van der Waals surface area contributed by atoms with Gasteiger partial charge in [-0.3, -0.25) is 19.2 Å². The summed E-state index contributed by atoms with van der Waals surface area (Å²) in [7, 11) is 0. The maximum absolute atomic E-state index is 11.9. The monoisotopic (exact) mass is 238 g/mol. The molecule has 0 amide bonds. The van der Waals surface area contributed by atoms with Gasteiger partial charge in [0.25, 0.3) is 0 Å². The quantitative estimate of drug-likeness (QED) is 0.434. The van der Waals surface area contributed by atoms with E-state index in [-0.39, 0.29) is 19.3 Å². The summed E-state index contributed by atoms with van der Waals surface area (Å²) in [5.41, 5.74) is -1.01. The lowest BCUT2D eigenvalue weighted by Crippen LogP contribution is -2.44. The van der Waals surface area contributed by atoms with E-state index < -0.39 is 41.1 Å². The third-order valence-corrected chi connectivity index (χ3v) is 4.01. The molecule has 1 spiro atoms. The molecule has 3 aliphatic rings. The molecule has 17 heavy (non-hydrogen) atoms. The van der Waals surface area contributed by atoms with Crippen LogP contribution in [0, 0.1) is 17.3 Å². The van der Waals surface area contributed by atoms with Gasteiger partial charge >= 0.3 is 23.9 Å². The summed E-state index contributed by atoms with van der Waals surface area (Å²) in [6, 6.07) is 0. The molecule has 2 bridgehead atoms. The van der Waals surface area contributed by atoms with E-state index in [9.17, 15) is 19.2 Å². The van der Waals surface area contributed by atoms with Crippen molar-refractivity contribution in [2.75, 3.05) is 0 Å². The molecule has 3 unspecified atom stereocenters. The first kappa shape index (κ1) is 10.4. The van der Waals surface area contributed by atoms with Crippen molar-refractivity contribution >= 4 is 23.9 Å². The average Bonchev–Trinajstić information content (AvgIpc) is 2.60. The molecule has 6 heteroatoms. The molecular weight excluding hydrogens is 228 g/mol. The Labute approximate surface area is 96.2 Å². The Morgan fingerprint density at radius 2 is 1.82 bits per heavy atom. The smallest absolute Gasteiger partial charge is 0.320 e. The van der Waals surface area contributed by atoms with Crippen molar-refractivity contribution in [3.05, 3.63) is 0 Å². The Bertz CT molecular complexity index is 453. The molecule has 0 N–H and O–H groups in total. The minimum absolute atomic E-state index is 0.108. The van der Waals surface area contributed by atoms with E-state index in [0.29, 0.717) is 6.42 Å². The second-order valence-corrected chi connectivity index (χ2v) is 4.85. The normalized spacial score (nSPS) is 40.5. The van der Waals surface area contributed by atoms with Gasteiger partial charge < -0.3 is 9.47 Å². The van der Waals surface area contributed by atoms with Crippen molar-refractivity contribution in [1.29, 1.82) is 0 Å². The molecule has 90 valence electrons. The fourth-order valence-electron chi connectivity index (χ4n) is 3.12. The number of rotatable bonds is 0. The maximum atomic E-state index is 11.9. The van der Waals surface area contributed by atoms with Crippen LogP contribution in [-0.4, -0.2) is 23.9 Å². The molecular formula is C11H10O6. The van der Waals surface area contributed by atoms with Crippen LogP contribution in [0.15, 0.2) is 0 Å². The largest absolute Gasteiger partial charge is 0.393 e. The van der Waals surface area contributed by atoms with Gasteiger partial charge in [0.15, 0.2) is 0 Å². The molecule has 0 aromatic rings. The molecule has 2 aliphatic heterocycles. The molecule has 3 atom stereocenters. The number of esters is 4. The van der Waals surface area contributed by atoms with Crippen LogP contribution in [0.3, 0.4) is 0 Å². The zero-order chi connectivity index (χ0) is 12.2. The van der Waals surface area contributed by atoms with Crippen LogP contribution in [0.1, 0.15) is 25.7 Å². The lowest BCUT2D eigenvalue weighted by Gasteiger charge is -2.33. The van der Waals surface area contributed by atoms with Crippen LogP contribution >= 0.6 is 0 Å². The number of ether oxygens (including phenoxy) is 2. The second-order valence-electron chi connectivity index (χ2n) is 4.85. The number of carbonyl (C=O) groups is 4. The van der Waals surface area contributed by atoms with Gasteiger partial charge in [0.2, 0.25) is 0 Å². The minimum atomic E-state index is -1.01. The van der Waals surface area contributed by atoms with E-state index >= 15 is 0 Å². The zero-order valence-corrected chi connectivity index (χ0v) is 8.93. The number of carbonyl (C=O) groups excluding carboxylic acids is 4. The average molecular weight is 238 g/mol. The fraction of sp³-hybridized carbons (Fsp3) is 0.636. The highest BCUT2D eigenvalue weighted by Gasteiger charge is 2.63. The zero-order valence-electron chi connectivity index (χ0n) is 8.93. The van der Waals surface area contributed by atoms with Crippen LogP contribution in [-0.2, 0) is 28.7 Å². The topological polar surface area (TPSA) is 86.7 Å². The van der Waals surface area contributed by atoms with E-state index in [0.717, 1.165) is 0 Å². The molecule has 1 aliphatic carbocycles. The fourth-order valence-corrected chi connectivity index (χ4v) is 3.12. The first-order valence-corrected chi connectivity index (χ1v) is 5.53. The summed E-state index contributed by atoms with van der Waals surface area (Å²) in [4.78, 5) is 45.9. The third-order valence-electron chi connectivity index (χ3n) is 4.01. The van der Waals surface area contributed by atoms with E-state index in [2.05, 4.69) is 9.47 Å². The lowest BCUT2D eigenvalue weighted by atomic mass is 9.73. The van der Waals surface area contributed by atoms with Gasteiger partial charge in [-0.15, -0.1) is 0 Å². The number of hydrogen-bond donors (Lipinski definition) is 0. The van der Waals surface area contributed by atoms with Gasteiger partial charge in [-0.1, -0.05) is 0 Å². The van der Waals surface area contributed by atoms with Crippen LogP contribution in [0.5, 0.6) is 0 Å². The minimum Gasteiger partial charge on any atom is -0.393 e. The van der Waals surface area contributed by atoms with Gasteiger partial charge in [-0.25, -0.2) is 0 Å². The Kier molecular flexibility index (Phi) is 1.93. The van der Waals surface area contributed by atoms with Crippen LogP contribution in [0.4, 0.5) is 0 Å². The summed E-state index contributed by atoms with van der Waals surface area (Å²) < 4.78 is 9.22. The van der Waals surface area contributed by atoms with Crippen LogP contribution in [0.2, 0.25) is 0 Å². The van der Waals surface area contributed by atoms with E-state index in [1.54, 1.807) is 0 Å². The van der Waals surface area contributed by atoms with E-state index in [4.69, 9.17) is 0 Å². The van der Waals surface area contributed by atoms with E-state index in [1.807, 2.05) is 0 Å². The number of cyclic esters (lactones) is 4. The molecule has 2 heterocycles. The Balaban J connectivity index is 1.98. The molecule has 0 aromatic carbocycles. The number of hydrogen-bond acceptors (Lipinski definition) is 6. The number of fused-ring (bicyclic) bond motifs is 3. The summed E-state index contributed by atoms with van der Waals surface area (Å²) in [5.74, 6) is -3.51. The molecule has 3 rings (SSSR count). The maximum Gasteiger partial charge on any atom is 0.320 e. The van der Waals surface area contributed by atoms with Crippen molar-refractivity contribution in [3.8, 4) is 0 Å². The summed E-state index contributed by atoms with van der Waals surface area (Å²) in [5, 5.41) is 0. The molecule has 1 saturated carbocycles. The van der Waals surface area contributed by atoms with E-state index in [1.165, 1.54) is 0 Å². The van der Waals surface area contributed by atoms with Crippen molar-refractivity contribution in [2.24, 2.45) is 17.3 Å². The Morgan fingerprint density at radius 3 is 2.53 bits per heavy atom. The first-order chi connectivity index (χ1) is 8.03. The first-order valence-electron chi connectivity index (χ1n) is 5.53. The molecule has 2 saturated heterocycles. The molecule has 0 aromatic heterocycles. The molecule has 0 radical (unpaired) electrons. The van der Waals surface area contributed by atoms with Crippen molar-refractivity contribution < 1.29 is 28.7 Å². The highest BCUT2D eigenvalue weighted by Crippen LogP contribution is 2.54. The van der Waals surface area contributed by atoms with Crippen molar-refractivity contribution in [1.82, 2.24) is 0 Å². The van der Waals surface area contributed by atoms with Crippen LogP contribution < -0.4 is 0 Å². The standard InChI is InChI=1S/C11H10O6/c12-7-1-2-11(10(15)16-7)4-5-3-6(11)9(14)17-8(5)13/h5-6H,1-4H2. The van der Waals surface area contributed by atoms with Gasteiger partial charge in [0.1, 0.15) is 0 Å². The lowest BCUT2D eigenvalue weighted by molar-refractivity contribution is -0.182. The summed E-state index contributed by atoms with van der Waals surface area (Å²) in [6.45, 7) is 0. The van der Waals surface area contributed by atoms with Crippen LogP contribution in [0.25, 0.3) is 0 Å². The van der Waals surface area contributed by atoms with Crippen molar-refractivity contribution in [2.45, 2.75) is 25.7 Å². The third kappa shape index (κ3) is 1.26. The highest BCUT2D eigenvalue weighted by atomic mass is 16.6. The van der Waals surface area contributed by atoms with Gasteiger partial charge in [-0.2, -0.15) is 0 Å². The molecule has 6 nitrogen and oxygen atoms in total. The second kappa shape index (κ2) is 3.15. The predicted molar refractivity (Wildman–Crippen MR) is 50.1 cm³/mol. The Morgan fingerprint density at radius 1 is 1.06 bits per heavy atom. The van der Waals surface area contributed by atoms with Gasteiger partial charge in [0, 0.05) is 6.42 Å².